The average molecular weight is 314 g/mol. The molecule has 2 aromatic heterocycles. The fourth-order valence-electron chi connectivity index (χ4n) is 1.51. The number of rotatable bonds is 5. The maximum absolute atomic E-state index is 12.9. The van der Waals surface area contributed by atoms with Crippen molar-refractivity contribution in [3.8, 4) is 0 Å². The number of hydrogen-bond donors (Lipinski definition) is 1. The van der Waals surface area contributed by atoms with Crippen LogP contribution in [0.1, 0.15) is 18.9 Å². The molecule has 0 aromatic carbocycles. The van der Waals surface area contributed by atoms with E-state index >= 15 is 0 Å². The van der Waals surface area contributed by atoms with Crippen molar-refractivity contribution in [3.05, 3.63) is 36.3 Å². The molecule has 4 nitrogen and oxygen atoms in total. The van der Waals surface area contributed by atoms with Crippen LogP contribution in [0.4, 0.5) is 19.0 Å². The van der Waals surface area contributed by atoms with Gasteiger partial charge >= 0.3 is 6.18 Å². The van der Waals surface area contributed by atoms with Crippen molar-refractivity contribution in [1.29, 1.82) is 0 Å². The van der Waals surface area contributed by atoms with Crippen LogP contribution in [0.15, 0.2) is 40.8 Å². The van der Waals surface area contributed by atoms with Gasteiger partial charge in [-0.3, -0.25) is 0 Å². The number of nitrogens with one attached hydrogen (secondary N) is 1. The molecule has 0 atom stereocenters. The van der Waals surface area contributed by atoms with Crippen LogP contribution >= 0.6 is 11.8 Å². The highest BCUT2D eigenvalue weighted by molar-refractivity contribution is 7.99. The van der Waals surface area contributed by atoms with Crippen LogP contribution in [-0.4, -0.2) is 21.5 Å². The van der Waals surface area contributed by atoms with Crippen LogP contribution in [-0.2, 0) is 6.18 Å². The maximum Gasteiger partial charge on any atom is 0.416 e. The summed E-state index contributed by atoms with van der Waals surface area (Å²) in [7, 11) is 0. The molecule has 0 radical (unpaired) electrons. The number of pyridine rings is 1. The third-order valence-corrected chi connectivity index (χ3v) is 3.32. The number of hydrogen-bond acceptors (Lipinski definition) is 5. The number of halogens is 3. The molecule has 2 rings (SSSR count). The number of alkyl halides is 3. The number of anilines is 1. The van der Waals surface area contributed by atoms with Gasteiger partial charge in [-0.1, -0.05) is 6.92 Å². The minimum Gasteiger partial charge on any atom is -0.370 e. The molecule has 0 saturated carbocycles. The third kappa shape index (κ3) is 4.59. The minimum atomic E-state index is -4.41. The second kappa shape index (κ2) is 6.75. The molecule has 0 bridgehead atoms. The van der Waals surface area contributed by atoms with Crippen LogP contribution in [0, 0.1) is 0 Å². The zero-order valence-corrected chi connectivity index (χ0v) is 12.0. The van der Waals surface area contributed by atoms with Gasteiger partial charge in [0.1, 0.15) is 22.2 Å². The molecule has 2 aromatic rings. The molecular weight excluding hydrogens is 301 g/mol. The molecule has 0 saturated heterocycles. The highest BCUT2D eigenvalue weighted by atomic mass is 32.2. The first-order chi connectivity index (χ1) is 9.99. The standard InChI is InChI=1S/C13H13F3N4S/c1-2-4-18-10-6-9(13(14,15)16)7-12(20-10)21-11-3-5-17-8-19-11/h3,5-8H,2,4H2,1H3,(H,18,20). The summed E-state index contributed by atoms with van der Waals surface area (Å²) in [5, 5.41) is 3.65. The Labute approximate surface area is 124 Å². The second-order valence-electron chi connectivity index (χ2n) is 4.15. The molecule has 0 unspecified atom stereocenters. The third-order valence-electron chi connectivity index (χ3n) is 2.45. The maximum atomic E-state index is 12.9. The summed E-state index contributed by atoms with van der Waals surface area (Å²) in [5.74, 6) is 0.211. The fraction of sp³-hybridized carbons (Fsp3) is 0.308. The summed E-state index contributed by atoms with van der Waals surface area (Å²) < 4.78 is 38.8. The van der Waals surface area contributed by atoms with E-state index in [2.05, 4.69) is 20.3 Å². The Morgan fingerprint density at radius 1 is 1.24 bits per heavy atom. The van der Waals surface area contributed by atoms with Gasteiger partial charge in [0.15, 0.2) is 0 Å². The van der Waals surface area contributed by atoms with E-state index in [1.54, 1.807) is 6.07 Å². The van der Waals surface area contributed by atoms with Crippen molar-refractivity contribution in [3.63, 3.8) is 0 Å². The Balaban J connectivity index is 2.30. The van der Waals surface area contributed by atoms with Crippen molar-refractivity contribution < 1.29 is 13.2 Å². The molecule has 2 heterocycles. The Bertz CT molecular complexity index is 590. The smallest absolute Gasteiger partial charge is 0.370 e. The van der Waals surface area contributed by atoms with Gasteiger partial charge in [-0.05, 0) is 36.4 Å². The summed E-state index contributed by atoms with van der Waals surface area (Å²) in [6.07, 6.45) is -0.746. The fourth-order valence-corrected chi connectivity index (χ4v) is 2.28. The molecule has 21 heavy (non-hydrogen) atoms. The summed E-state index contributed by atoms with van der Waals surface area (Å²) in [4.78, 5) is 11.9. The van der Waals surface area contributed by atoms with E-state index in [0.29, 0.717) is 11.6 Å². The van der Waals surface area contributed by atoms with E-state index in [1.807, 2.05) is 6.92 Å². The largest absolute Gasteiger partial charge is 0.416 e. The molecule has 0 spiro atoms. The zero-order valence-electron chi connectivity index (χ0n) is 11.2. The predicted molar refractivity (Wildman–Crippen MR) is 74.2 cm³/mol. The van der Waals surface area contributed by atoms with Gasteiger partial charge in [0.05, 0.1) is 5.56 Å². The predicted octanol–water partition coefficient (Wildman–Crippen LogP) is 3.86. The van der Waals surface area contributed by atoms with Crippen molar-refractivity contribution in [2.75, 3.05) is 11.9 Å². The van der Waals surface area contributed by atoms with Crippen molar-refractivity contribution in [1.82, 2.24) is 15.0 Å². The first-order valence-electron chi connectivity index (χ1n) is 6.26. The molecule has 0 aliphatic rings. The Morgan fingerprint density at radius 2 is 2.05 bits per heavy atom. The average Bonchev–Trinajstić information content (AvgIpc) is 2.45. The summed E-state index contributed by atoms with van der Waals surface area (Å²) in [5.41, 5.74) is -0.729. The lowest BCUT2D eigenvalue weighted by molar-refractivity contribution is -0.137. The molecule has 0 amide bonds. The van der Waals surface area contributed by atoms with E-state index in [1.165, 1.54) is 12.5 Å². The monoisotopic (exact) mass is 314 g/mol. The molecule has 112 valence electrons. The van der Waals surface area contributed by atoms with Gasteiger partial charge in [0, 0.05) is 12.7 Å². The highest BCUT2D eigenvalue weighted by Crippen LogP contribution is 2.34. The van der Waals surface area contributed by atoms with Gasteiger partial charge in [0.2, 0.25) is 0 Å². The quantitative estimate of drug-likeness (QED) is 0.849. The van der Waals surface area contributed by atoms with Crippen LogP contribution in [0.3, 0.4) is 0 Å². The van der Waals surface area contributed by atoms with E-state index < -0.39 is 11.7 Å². The second-order valence-corrected chi connectivity index (χ2v) is 5.19. The lowest BCUT2D eigenvalue weighted by Gasteiger charge is -2.12. The van der Waals surface area contributed by atoms with Gasteiger partial charge in [0.25, 0.3) is 0 Å². The molecular formula is C13H13F3N4S. The molecule has 0 aliphatic carbocycles. The zero-order chi connectivity index (χ0) is 15.3. The van der Waals surface area contributed by atoms with E-state index in [4.69, 9.17) is 0 Å². The van der Waals surface area contributed by atoms with E-state index in [-0.39, 0.29) is 10.8 Å². The summed E-state index contributed by atoms with van der Waals surface area (Å²) >= 11 is 1.06. The summed E-state index contributed by atoms with van der Waals surface area (Å²) in [6.45, 7) is 2.49. The van der Waals surface area contributed by atoms with Crippen molar-refractivity contribution in [2.24, 2.45) is 0 Å². The Kier molecular flexibility index (Phi) is 5.00. The van der Waals surface area contributed by atoms with Gasteiger partial charge in [-0.2, -0.15) is 13.2 Å². The van der Waals surface area contributed by atoms with E-state index in [0.717, 1.165) is 30.3 Å². The molecule has 1 N–H and O–H groups in total. The van der Waals surface area contributed by atoms with Crippen molar-refractivity contribution in [2.45, 2.75) is 29.6 Å². The first kappa shape index (κ1) is 15.6. The lowest BCUT2D eigenvalue weighted by atomic mass is 10.2. The topological polar surface area (TPSA) is 50.7 Å². The van der Waals surface area contributed by atoms with Crippen LogP contribution in [0.25, 0.3) is 0 Å². The highest BCUT2D eigenvalue weighted by Gasteiger charge is 2.31. The van der Waals surface area contributed by atoms with Crippen LogP contribution in [0.2, 0.25) is 0 Å². The number of nitrogens with zero attached hydrogens (tertiary/aromatic N) is 3. The SMILES string of the molecule is CCCNc1cc(C(F)(F)F)cc(Sc2ccncn2)n1. The van der Waals surface area contributed by atoms with Gasteiger partial charge in [-0.15, -0.1) is 0 Å². The normalized spacial score (nSPS) is 11.4. The minimum absolute atomic E-state index is 0.211. The van der Waals surface area contributed by atoms with Gasteiger partial charge < -0.3 is 5.32 Å². The lowest BCUT2D eigenvalue weighted by Crippen LogP contribution is -2.09. The Hall–Kier alpha value is -1.83. The Morgan fingerprint density at radius 3 is 2.67 bits per heavy atom. The summed E-state index contributed by atoms with van der Waals surface area (Å²) in [6, 6.07) is 3.65. The van der Waals surface area contributed by atoms with Gasteiger partial charge in [-0.25, -0.2) is 15.0 Å². The van der Waals surface area contributed by atoms with Crippen LogP contribution < -0.4 is 5.32 Å². The molecule has 8 heteroatoms. The van der Waals surface area contributed by atoms with Crippen LogP contribution in [0.5, 0.6) is 0 Å². The molecule has 0 fully saturated rings. The first-order valence-corrected chi connectivity index (χ1v) is 7.07. The van der Waals surface area contributed by atoms with E-state index in [9.17, 15) is 13.2 Å². The van der Waals surface area contributed by atoms with Crippen molar-refractivity contribution >= 4 is 17.6 Å². The number of aromatic nitrogens is 3. The molecule has 0 aliphatic heterocycles.